The van der Waals surface area contributed by atoms with Crippen LogP contribution in [0.4, 0.5) is 5.69 Å². The quantitative estimate of drug-likeness (QED) is 0.611. The number of rotatable bonds is 9. The van der Waals surface area contributed by atoms with E-state index in [0.29, 0.717) is 34.9 Å². The van der Waals surface area contributed by atoms with Gasteiger partial charge in [0.15, 0.2) is 11.5 Å². The molecule has 0 aliphatic carbocycles. The minimum Gasteiger partial charge on any atom is -0.494 e. The van der Waals surface area contributed by atoms with Gasteiger partial charge >= 0.3 is 0 Å². The van der Waals surface area contributed by atoms with Crippen LogP contribution in [0.5, 0.6) is 17.2 Å². The zero-order chi connectivity index (χ0) is 22.5. The summed E-state index contributed by atoms with van der Waals surface area (Å²) >= 11 is 0. The number of carbonyl (C=O) groups excluding carboxylic acids is 2. The molecule has 0 unspecified atom stereocenters. The lowest BCUT2D eigenvalue weighted by Crippen LogP contribution is -2.38. The third-order valence-corrected chi connectivity index (χ3v) is 4.90. The SMILES string of the molecule is CCCOc1ccc(C2=C(Nc3ccc(OC)c(OC)c3)C(=O)N(C(C)C)C2=O)cc1. The van der Waals surface area contributed by atoms with E-state index in [-0.39, 0.29) is 23.6 Å². The zero-order valence-corrected chi connectivity index (χ0v) is 18.5. The Hall–Kier alpha value is -3.48. The normalized spacial score (nSPS) is 13.8. The predicted octanol–water partition coefficient (Wildman–Crippen LogP) is 4.09. The Labute approximate surface area is 182 Å². The highest BCUT2D eigenvalue weighted by Gasteiger charge is 2.40. The van der Waals surface area contributed by atoms with Crippen molar-refractivity contribution in [2.24, 2.45) is 0 Å². The Morgan fingerprint density at radius 1 is 0.935 bits per heavy atom. The van der Waals surface area contributed by atoms with E-state index in [1.54, 1.807) is 44.6 Å². The highest BCUT2D eigenvalue weighted by Crippen LogP contribution is 2.35. The average molecular weight is 424 g/mol. The molecule has 0 aromatic heterocycles. The molecule has 0 radical (unpaired) electrons. The monoisotopic (exact) mass is 424 g/mol. The molecule has 0 fully saturated rings. The molecule has 31 heavy (non-hydrogen) atoms. The van der Waals surface area contributed by atoms with E-state index in [4.69, 9.17) is 14.2 Å². The number of ether oxygens (including phenoxy) is 3. The van der Waals surface area contributed by atoms with Crippen molar-refractivity contribution >= 4 is 23.1 Å². The summed E-state index contributed by atoms with van der Waals surface area (Å²) in [5, 5.41) is 3.13. The second-order valence-corrected chi connectivity index (χ2v) is 7.39. The van der Waals surface area contributed by atoms with Crippen molar-refractivity contribution in [1.82, 2.24) is 4.90 Å². The predicted molar refractivity (Wildman–Crippen MR) is 119 cm³/mol. The van der Waals surface area contributed by atoms with Crippen molar-refractivity contribution in [3.63, 3.8) is 0 Å². The van der Waals surface area contributed by atoms with Gasteiger partial charge in [-0.05, 0) is 50.1 Å². The molecular weight excluding hydrogens is 396 g/mol. The molecule has 2 aromatic rings. The molecule has 7 nitrogen and oxygen atoms in total. The lowest BCUT2D eigenvalue weighted by molar-refractivity contribution is -0.138. The van der Waals surface area contributed by atoms with Gasteiger partial charge < -0.3 is 19.5 Å². The lowest BCUT2D eigenvalue weighted by atomic mass is 10.0. The molecule has 0 spiro atoms. The number of carbonyl (C=O) groups is 2. The first kappa shape index (κ1) is 22.2. The molecule has 2 amide bonds. The Morgan fingerprint density at radius 2 is 1.61 bits per heavy atom. The van der Waals surface area contributed by atoms with E-state index in [0.717, 1.165) is 12.2 Å². The number of nitrogens with zero attached hydrogens (tertiary/aromatic N) is 1. The van der Waals surface area contributed by atoms with E-state index in [9.17, 15) is 9.59 Å². The summed E-state index contributed by atoms with van der Waals surface area (Å²) in [5.74, 6) is 1.12. The van der Waals surface area contributed by atoms with Crippen molar-refractivity contribution in [2.75, 3.05) is 26.1 Å². The van der Waals surface area contributed by atoms with Crippen molar-refractivity contribution in [3.8, 4) is 17.2 Å². The van der Waals surface area contributed by atoms with Crippen LogP contribution in [0.1, 0.15) is 32.8 Å². The third-order valence-electron chi connectivity index (χ3n) is 4.90. The average Bonchev–Trinajstić information content (AvgIpc) is 3.01. The fourth-order valence-electron chi connectivity index (χ4n) is 3.40. The maximum Gasteiger partial charge on any atom is 0.278 e. The Morgan fingerprint density at radius 3 is 2.19 bits per heavy atom. The fourth-order valence-corrected chi connectivity index (χ4v) is 3.40. The molecule has 2 aromatic carbocycles. The van der Waals surface area contributed by atoms with Crippen LogP contribution >= 0.6 is 0 Å². The van der Waals surface area contributed by atoms with E-state index in [1.165, 1.54) is 4.90 Å². The summed E-state index contributed by atoms with van der Waals surface area (Å²) < 4.78 is 16.3. The molecule has 0 bridgehead atoms. The minimum atomic E-state index is -0.365. The first-order chi connectivity index (χ1) is 14.9. The summed E-state index contributed by atoms with van der Waals surface area (Å²) in [6.45, 7) is 6.28. The lowest BCUT2D eigenvalue weighted by Gasteiger charge is -2.19. The van der Waals surface area contributed by atoms with Gasteiger partial charge in [-0.25, -0.2) is 0 Å². The number of imide groups is 1. The molecule has 0 atom stereocenters. The summed E-state index contributed by atoms with van der Waals surface area (Å²) in [7, 11) is 3.10. The van der Waals surface area contributed by atoms with Crippen LogP contribution in [0.3, 0.4) is 0 Å². The molecule has 164 valence electrons. The number of nitrogens with one attached hydrogen (secondary N) is 1. The number of methoxy groups -OCH3 is 2. The molecule has 1 N–H and O–H groups in total. The van der Waals surface area contributed by atoms with Gasteiger partial charge in [0, 0.05) is 17.8 Å². The minimum absolute atomic E-state index is 0.230. The molecule has 7 heteroatoms. The van der Waals surface area contributed by atoms with Gasteiger partial charge in [-0.1, -0.05) is 19.1 Å². The topological polar surface area (TPSA) is 77.1 Å². The van der Waals surface area contributed by atoms with E-state index >= 15 is 0 Å². The highest BCUT2D eigenvalue weighted by atomic mass is 16.5. The molecule has 0 saturated carbocycles. The van der Waals surface area contributed by atoms with Gasteiger partial charge in [-0.2, -0.15) is 0 Å². The molecule has 3 rings (SSSR count). The van der Waals surface area contributed by atoms with Crippen molar-refractivity contribution in [2.45, 2.75) is 33.2 Å². The van der Waals surface area contributed by atoms with Gasteiger partial charge in [0.05, 0.1) is 26.4 Å². The zero-order valence-electron chi connectivity index (χ0n) is 18.5. The standard InChI is InChI=1S/C24H28N2O5/c1-6-13-31-18-10-7-16(8-11-18)21-22(24(28)26(15(2)3)23(21)27)25-17-9-12-19(29-4)20(14-17)30-5/h7-12,14-15,25H,6,13H2,1-5H3. The summed E-state index contributed by atoms with van der Waals surface area (Å²) in [6.07, 6.45) is 0.905. The summed E-state index contributed by atoms with van der Waals surface area (Å²) in [5.41, 5.74) is 1.82. The van der Waals surface area contributed by atoms with Gasteiger partial charge in [0.1, 0.15) is 11.4 Å². The highest BCUT2D eigenvalue weighted by molar-refractivity contribution is 6.36. The van der Waals surface area contributed by atoms with Crippen LogP contribution < -0.4 is 19.5 Å². The smallest absolute Gasteiger partial charge is 0.278 e. The summed E-state index contributed by atoms with van der Waals surface area (Å²) in [4.78, 5) is 27.6. The maximum atomic E-state index is 13.2. The maximum absolute atomic E-state index is 13.2. The molecule has 1 aliphatic heterocycles. The van der Waals surface area contributed by atoms with E-state index in [2.05, 4.69) is 5.32 Å². The van der Waals surface area contributed by atoms with E-state index in [1.807, 2.05) is 32.9 Å². The van der Waals surface area contributed by atoms with Crippen LogP contribution in [0, 0.1) is 0 Å². The molecule has 0 saturated heterocycles. The van der Waals surface area contributed by atoms with Crippen LogP contribution in [-0.2, 0) is 9.59 Å². The summed E-state index contributed by atoms with van der Waals surface area (Å²) in [6, 6.07) is 12.2. The molecular formula is C24H28N2O5. The number of benzene rings is 2. The van der Waals surface area contributed by atoms with Crippen LogP contribution in [0.2, 0.25) is 0 Å². The van der Waals surface area contributed by atoms with Crippen molar-refractivity contribution in [1.29, 1.82) is 0 Å². The van der Waals surface area contributed by atoms with Crippen molar-refractivity contribution < 1.29 is 23.8 Å². The molecule has 1 aliphatic rings. The number of amides is 2. The second-order valence-electron chi connectivity index (χ2n) is 7.39. The number of anilines is 1. The van der Waals surface area contributed by atoms with Gasteiger partial charge in [0.25, 0.3) is 11.8 Å². The Bertz CT molecular complexity index is 996. The Balaban J connectivity index is 2.02. The van der Waals surface area contributed by atoms with Gasteiger partial charge in [0.2, 0.25) is 0 Å². The second kappa shape index (κ2) is 9.55. The molecule has 1 heterocycles. The van der Waals surface area contributed by atoms with Gasteiger partial charge in [-0.3, -0.25) is 14.5 Å². The number of hydrogen-bond donors (Lipinski definition) is 1. The third kappa shape index (κ3) is 4.50. The fraction of sp³-hybridized carbons (Fsp3) is 0.333. The van der Waals surface area contributed by atoms with Crippen LogP contribution in [0.25, 0.3) is 5.57 Å². The van der Waals surface area contributed by atoms with E-state index < -0.39 is 0 Å². The first-order valence-corrected chi connectivity index (χ1v) is 10.3. The Kier molecular flexibility index (Phi) is 6.84. The van der Waals surface area contributed by atoms with Crippen molar-refractivity contribution in [3.05, 3.63) is 53.7 Å². The first-order valence-electron chi connectivity index (χ1n) is 10.3. The largest absolute Gasteiger partial charge is 0.494 e. The van der Waals surface area contributed by atoms with Crippen LogP contribution in [0.15, 0.2) is 48.2 Å². The number of hydrogen-bond acceptors (Lipinski definition) is 6. The van der Waals surface area contributed by atoms with Crippen LogP contribution in [-0.4, -0.2) is 43.6 Å². The van der Waals surface area contributed by atoms with Gasteiger partial charge in [-0.15, -0.1) is 0 Å².